The van der Waals surface area contributed by atoms with E-state index in [9.17, 15) is 4.79 Å². The number of fused-ring (bicyclic) bond motifs is 1. The van der Waals surface area contributed by atoms with Crippen molar-refractivity contribution in [1.29, 1.82) is 0 Å². The maximum atomic E-state index is 12.9. The fourth-order valence-electron chi connectivity index (χ4n) is 2.90. The molecule has 0 aliphatic carbocycles. The molecule has 1 aliphatic heterocycles. The Labute approximate surface area is 143 Å². The van der Waals surface area contributed by atoms with Gasteiger partial charge in [-0.25, -0.2) is 4.98 Å². The maximum absolute atomic E-state index is 12.9. The fourth-order valence-corrected chi connectivity index (χ4v) is 2.90. The van der Waals surface area contributed by atoms with E-state index in [0.717, 1.165) is 17.1 Å². The first-order chi connectivity index (χ1) is 11.3. The average molecular weight is 324 g/mol. The van der Waals surface area contributed by atoms with Crippen LogP contribution >= 0.6 is 0 Å². The molecule has 0 saturated heterocycles. The van der Waals surface area contributed by atoms with Gasteiger partial charge in [-0.1, -0.05) is 32.0 Å². The molecule has 5 heteroatoms. The Morgan fingerprint density at radius 3 is 2.42 bits per heavy atom. The van der Waals surface area contributed by atoms with E-state index in [1.807, 2.05) is 49.1 Å². The van der Waals surface area contributed by atoms with E-state index in [1.165, 1.54) is 0 Å². The third-order valence-corrected chi connectivity index (χ3v) is 4.83. The summed E-state index contributed by atoms with van der Waals surface area (Å²) in [7, 11) is 0. The van der Waals surface area contributed by atoms with E-state index in [4.69, 9.17) is 0 Å². The molecule has 2 aromatic rings. The zero-order valence-electron chi connectivity index (χ0n) is 14.9. The number of nitrogens with zero attached hydrogens (tertiary/aromatic N) is 3. The Morgan fingerprint density at radius 2 is 1.79 bits per heavy atom. The zero-order valence-corrected chi connectivity index (χ0v) is 14.9. The molecular formula is C19H24N4O. The monoisotopic (exact) mass is 324 g/mol. The van der Waals surface area contributed by atoms with Crippen LogP contribution in [0.15, 0.2) is 36.5 Å². The van der Waals surface area contributed by atoms with Crippen LogP contribution in [0.1, 0.15) is 40.2 Å². The first kappa shape index (κ1) is 16.4. The second kappa shape index (κ2) is 5.89. The smallest absolute Gasteiger partial charge is 0.238 e. The molecule has 1 N–H and O–H groups in total. The molecule has 1 aliphatic rings. The number of nitrogens with one attached hydrogen (secondary N) is 1. The molecule has 24 heavy (non-hydrogen) atoms. The number of anilines is 3. The fraction of sp³-hybridized carbons (Fsp3) is 0.421. The molecule has 1 aromatic heterocycles. The minimum Gasteiger partial charge on any atom is -0.324 e. The third-order valence-electron chi connectivity index (χ3n) is 4.83. The first-order valence-corrected chi connectivity index (χ1v) is 8.35. The number of carbonyl (C=O) groups is 1. The van der Waals surface area contributed by atoms with Crippen molar-refractivity contribution in [2.24, 2.45) is 5.92 Å². The number of carbonyl (C=O) groups excluding carboxylic acids is 1. The third kappa shape index (κ3) is 2.64. The summed E-state index contributed by atoms with van der Waals surface area (Å²) in [5.74, 6) is 1.66. The Kier molecular flexibility index (Phi) is 4.03. The van der Waals surface area contributed by atoms with Gasteiger partial charge in [0.05, 0.1) is 5.41 Å². The molecule has 0 unspecified atom stereocenters. The predicted octanol–water partition coefficient (Wildman–Crippen LogP) is 3.89. The van der Waals surface area contributed by atoms with E-state index in [0.29, 0.717) is 11.9 Å². The van der Waals surface area contributed by atoms with Crippen LogP contribution in [0.25, 0.3) is 0 Å². The quantitative estimate of drug-likeness (QED) is 0.927. The number of benzene rings is 1. The number of hydrogen-bond donors (Lipinski definition) is 1. The van der Waals surface area contributed by atoms with E-state index < -0.39 is 5.41 Å². The Bertz CT molecular complexity index is 755. The number of rotatable bonds is 4. The van der Waals surface area contributed by atoms with Crippen molar-refractivity contribution in [2.75, 3.05) is 10.2 Å². The molecule has 0 fully saturated rings. The van der Waals surface area contributed by atoms with Crippen molar-refractivity contribution in [3.8, 4) is 0 Å². The second-order valence-corrected chi connectivity index (χ2v) is 7.21. The molecule has 0 spiro atoms. The predicted molar refractivity (Wildman–Crippen MR) is 96.6 cm³/mol. The largest absolute Gasteiger partial charge is 0.324 e. The van der Waals surface area contributed by atoms with Crippen LogP contribution in [-0.2, 0) is 10.2 Å². The molecule has 0 radical (unpaired) electrons. The molecule has 126 valence electrons. The van der Waals surface area contributed by atoms with E-state index in [2.05, 4.69) is 36.1 Å². The van der Waals surface area contributed by atoms with Crippen molar-refractivity contribution >= 4 is 23.4 Å². The lowest BCUT2D eigenvalue weighted by molar-refractivity contribution is -0.122. The normalized spacial score (nSPS) is 17.1. The average Bonchev–Trinajstić information content (AvgIpc) is 2.74. The molecule has 1 amide bonds. The van der Waals surface area contributed by atoms with Gasteiger partial charge in [-0.05, 0) is 38.8 Å². The van der Waals surface area contributed by atoms with Gasteiger partial charge in [-0.15, -0.1) is 0 Å². The van der Waals surface area contributed by atoms with Crippen LogP contribution < -0.4 is 10.2 Å². The van der Waals surface area contributed by atoms with Crippen molar-refractivity contribution in [3.63, 3.8) is 0 Å². The topological polar surface area (TPSA) is 58.1 Å². The number of amides is 1. The minimum absolute atomic E-state index is 0.0810. The minimum atomic E-state index is -0.593. The standard InChI is InChI=1S/C19H24N4O/c1-12(2)13(3)23-16-15(19(4,5)17(23)24)11-20-18(22-16)21-14-9-7-6-8-10-14/h6-13H,1-5H3,(H,20,21,22)/t13-/m0/s1. The summed E-state index contributed by atoms with van der Waals surface area (Å²) in [4.78, 5) is 23.8. The maximum Gasteiger partial charge on any atom is 0.238 e. The number of aromatic nitrogens is 2. The lowest BCUT2D eigenvalue weighted by atomic mass is 9.88. The van der Waals surface area contributed by atoms with Gasteiger partial charge in [0, 0.05) is 23.5 Å². The van der Waals surface area contributed by atoms with Gasteiger partial charge in [0.15, 0.2) is 0 Å². The Morgan fingerprint density at radius 1 is 1.12 bits per heavy atom. The highest BCUT2D eigenvalue weighted by Crippen LogP contribution is 2.42. The summed E-state index contributed by atoms with van der Waals surface area (Å²) < 4.78 is 0. The lowest BCUT2D eigenvalue weighted by Gasteiger charge is -2.29. The molecule has 5 nitrogen and oxygen atoms in total. The number of para-hydroxylation sites is 1. The summed E-state index contributed by atoms with van der Waals surface area (Å²) in [5.41, 5.74) is 1.21. The summed E-state index contributed by atoms with van der Waals surface area (Å²) in [6, 6.07) is 9.87. The Balaban J connectivity index is 2.02. The summed E-state index contributed by atoms with van der Waals surface area (Å²) in [5, 5.41) is 3.20. The van der Waals surface area contributed by atoms with Crippen molar-refractivity contribution in [3.05, 3.63) is 42.1 Å². The van der Waals surface area contributed by atoms with Crippen LogP contribution in [0.5, 0.6) is 0 Å². The first-order valence-electron chi connectivity index (χ1n) is 8.35. The van der Waals surface area contributed by atoms with Crippen molar-refractivity contribution < 1.29 is 4.79 Å². The van der Waals surface area contributed by atoms with Crippen molar-refractivity contribution in [2.45, 2.75) is 46.1 Å². The van der Waals surface area contributed by atoms with Gasteiger partial charge < -0.3 is 5.32 Å². The molecule has 0 saturated carbocycles. The van der Waals surface area contributed by atoms with Crippen LogP contribution in [0.2, 0.25) is 0 Å². The van der Waals surface area contributed by atoms with E-state index in [-0.39, 0.29) is 11.9 Å². The van der Waals surface area contributed by atoms with Gasteiger partial charge in [0.2, 0.25) is 11.9 Å². The van der Waals surface area contributed by atoms with Gasteiger partial charge in [-0.3, -0.25) is 9.69 Å². The molecular weight excluding hydrogens is 300 g/mol. The van der Waals surface area contributed by atoms with Crippen LogP contribution in [-0.4, -0.2) is 21.9 Å². The summed E-state index contributed by atoms with van der Waals surface area (Å²) >= 11 is 0. The van der Waals surface area contributed by atoms with E-state index in [1.54, 1.807) is 6.20 Å². The molecule has 2 heterocycles. The second-order valence-electron chi connectivity index (χ2n) is 7.21. The van der Waals surface area contributed by atoms with Crippen LogP contribution in [0, 0.1) is 5.92 Å². The lowest BCUT2D eigenvalue weighted by Crippen LogP contribution is -2.44. The highest BCUT2D eigenvalue weighted by Gasteiger charge is 2.47. The highest BCUT2D eigenvalue weighted by atomic mass is 16.2. The van der Waals surface area contributed by atoms with E-state index >= 15 is 0 Å². The van der Waals surface area contributed by atoms with Gasteiger partial charge in [0.25, 0.3) is 0 Å². The summed E-state index contributed by atoms with van der Waals surface area (Å²) in [6.07, 6.45) is 1.78. The SMILES string of the molecule is CC(C)[C@H](C)N1C(=O)C(C)(C)c2cnc(Nc3ccccc3)nc21. The van der Waals surface area contributed by atoms with Crippen molar-refractivity contribution in [1.82, 2.24) is 9.97 Å². The van der Waals surface area contributed by atoms with Gasteiger partial charge in [0.1, 0.15) is 5.82 Å². The Hall–Kier alpha value is -2.43. The van der Waals surface area contributed by atoms with Gasteiger partial charge in [-0.2, -0.15) is 4.98 Å². The molecule has 1 atom stereocenters. The zero-order chi connectivity index (χ0) is 17.5. The van der Waals surface area contributed by atoms with Crippen LogP contribution in [0.3, 0.4) is 0 Å². The van der Waals surface area contributed by atoms with Gasteiger partial charge >= 0.3 is 0 Å². The highest BCUT2D eigenvalue weighted by molar-refractivity contribution is 6.07. The summed E-state index contributed by atoms with van der Waals surface area (Å²) in [6.45, 7) is 10.2. The molecule has 1 aromatic carbocycles. The molecule has 0 bridgehead atoms. The molecule has 3 rings (SSSR count). The van der Waals surface area contributed by atoms with Crippen LogP contribution in [0.4, 0.5) is 17.5 Å². The number of hydrogen-bond acceptors (Lipinski definition) is 4.